The van der Waals surface area contributed by atoms with Gasteiger partial charge in [-0.1, -0.05) is 88.6 Å². The van der Waals surface area contributed by atoms with Gasteiger partial charge in [0.2, 0.25) is 0 Å². The second kappa shape index (κ2) is 11.8. The van der Waals surface area contributed by atoms with Crippen LogP contribution in [-0.4, -0.2) is 17.1 Å². The highest BCUT2D eigenvalue weighted by atomic mass is 35.5. The van der Waals surface area contributed by atoms with Gasteiger partial charge >= 0.3 is 5.97 Å². The molecule has 1 aliphatic rings. The molecule has 6 rings (SSSR count). The van der Waals surface area contributed by atoms with E-state index in [4.69, 9.17) is 48.9 Å². The van der Waals surface area contributed by atoms with Gasteiger partial charge in [0.1, 0.15) is 11.5 Å². The molecule has 0 radical (unpaired) electrons. The van der Waals surface area contributed by atoms with Crippen LogP contribution in [0.15, 0.2) is 105 Å². The number of fused-ring (bicyclic) bond motifs is 1. The van der Waals surface area contributed by atoms with E-state index in [-0.39, 0.29) is 17.7 Å². The van der Waals surface area contributed by atoms with Gasteiger partial charge in [-0.25, -0.2) is 9.79 Å². The lowest BCUT2D eigenvalue weighted by Gasteiger charge is -2.25. The second-order valence-corrected chi connectivity index (χ2v) is 11.6. The molecule has 2 aromatic heterocycles. The number of carbonyl (C=O) groups is 1. The molecule has 6 nitrogen and oxygen atoms in total. The van der Waals surface area contributed by atoms with Crippen molar-refractivity contribution in [3.8, 4) is 11.3 Å². The van der Waals surface area contributed by atoms with Crippen molar-refractivity contribution in [2.24, 2.45) is 4.99 Å². The summed E-state index contributed by atoms with van der Waals surface area (Å²) < 4.78 is 13.4. The Labute approximate surface area is 259 Å². The maximum absolute atomic E-state index is 14.0. The van der Waals surface area contributed by atoms with Crippen molar-refractivity contribution in [1.82, 2.24) is 4.57 Å². The van der Waals surface area contributed by atoms with E-state index in [0.717, 1.165) is 5.56 Å². The maximum atomic E-state index is 14.0. The number of ether oxygens (including phenoxy) is 1. The van der Waals surface area contributed by atoms with Crippen LogP contribution >= 0.6 is 46.1 Å². The summed E-state index contributed by atoms with van der Waals surface area (Å²) in [5.41, 5.74) is 2.48. The van der Waals surface area contributed by atoms with E-state index in [1.165, 1.54) is 15.9 Å². The zero-order valence-corrected chi connectivity index (χ0v) is 25.1. The first-order valence-corrected chi connectivity index (χ1v) is 14.9. The van der Waals surface area contributed by atoms with Crippen molar-refractivity contribution in [1.29, 1.82) is 0 Å². The monoisotopic (exact) mass is 634 g/mol. The number of carbonyl (C=O) groups excluding carboxylic acids is 1. The summed E-state index contributed by atoms with van der Waals surface area (Å²) in [6.45, 7) is 1.91. The summed E-state index contributed by atoms with van der Waals surface area (Å²) in [7, 11) is 0. The number of hydrogen-bond acceptors (Lipinski definition) is 6. The summed E-state index contributed by atoms with van der Waals surface area (Å²) in [6.07, 6.45) is 1.66. The van der Waals surface area contributed by atoms with Gasteiger partial charge in [-0.15, -0.1) is 0 Å². The molecule has 1 atom stereocenters. The van der Waals surface area contributed by atoms with Gasteiger partial charge in [0, 0.05) is 27.2 Å². The van der Waals surface area contributed by atoms with E-state index >= 15 is 0 Å². The Morgan fingerprint density at radius 3 is 2.45 bits per heavy atom. The van der Waals surface area contributed by atoms with Crippen molar-refractivity contribution in [2.45, 2.75) is 13.0 Å². The van der Waals surface area contributed by atoms with Crippen molar-refractivity contribution >= 4 is 63.9 Å². The molecule has 1 unspecified atom stereocenters. The Balaban J connectivity index is 1.55. The number of halogens is 3. The average molecular weight is 636 g/mol. The third kappa shape index (κ3) is 5.37. The second-order valence-electron chi connectivity index (χ2n) is 9.31. The first-order chi connectivity index (χ1) is 20.3. The Hall–Kier alpha value is -3.88. The van der Waals surface area contributed by atoms with E-state index < -0.39 is 12.0 Å². The number of nitrogens with zero attached hydrogens (tertiary/aromatic N) is 2. The van der Waals surface area contributed by atoms with Crippen molar-refractivity contribution < 1.29 is 13.9 Å². The van der Waals surface area contributed by atoms with Gasteiger partial charge in [0.25, 0.3) is 5.56 Å². The molecule has 3 heterocycles. The molecule has 5 aromatic rings. The highest BCUT2D eigenvalue weighted by Gasteiger charge is 2.35. The van der Waals surface area contributed by atoms with Crippen LogP contribution in [0.5, 0.6) is 0 Å². The van der Waals surface area contributed by atoms with Crippen LogP contribution in [0, 0.1) is 0 Å². The summed E-state index contributed by atoms with van der Waals surface area (Å²) in [5, 5.41) is 1.50. The molecule has 0 N–H and O–H groups in total. The molecule has 0 saturated heterocycles. The number of hydrogen-bond donors (Lipinski definition) is 0. The number of esters is 1. The van der Waals surface area contributed by atoms with Gasteiger partial charge in [0.15, 0.2) is 4.80 Å². The SMILES string of the molecule is CCOC(=O)C1=C(c2ccccc2)N=c2s/c(=C\c3ccc(-c4ccc(Cl)cc4Cl)o3)c(=O)n2C1c1ccc(Cl)cc1. The fourth-order valence-corrected chi connectivity index (χ4v) is 6.40. The topological polar surface area (TPSA) is 73.8 Å². The lowest BCUT2D eigenvalue weighted by molar-refractivity contribution is -0.138. The molecule has 0 saturated carbocycles. The molecule has 210 valence electrons. The molecule has 0 spiro atoms. The molecule has 1 aliphatic heterocycles. The Bertz CT molecular complexity index is 2030. The Morgan fingerprint density at radius 2 is 1.74 bits per heavy atom. The molecule has 0 fully saturated rings. The standard InChI is InChI=1S/C32H21Cl3N2O4S/c1-2-40-31(39)27-28(18-6-4-3-5-7-18)36-32-37(29(27)19-8-10-20(33)11-9-19)30(38)26(42-32)17-22-13-15-25(41-22)23-14-12-21(34)16-24(23)35/h3-17,29H,2H2,1H3/b26-17-. The highest BCUT2D eigenvalue weighted by molar-refractivity contribution is 7.07. The normalized spacial score (nSPS) is 15.0. The van der Waals surface area contributed by atoms with Gasteiger partial charge in [-0.3, -0.25) is 9.36 Å². The first kappa shape index (κ1) is 28.2. The molecule has 10 heteroatoms. The molecular formula is C32H21Cl3N2O4S. The third-order valence-electron chi connectivity index (χ3n) is 6.66. The molecule has 0 bridgehead atoms. The van der Waals surface area contributed by atoms with Gasteiger partial charge in [0.05, 0.1) is 33.5 Å². The quantitative estimate of drug-likeness (QED) is 0.186. The number of benzene rings is 3. The van der Waals surface area contributed by atoms with Crippen molar-refractivity contribution in [3.63, 3.8) is 0 Å². The summed E-state index contributed by atoms with van der Waals surface area (Å²) >= 11 is 19.8. The number of thiazole rings is 1. The molecule has 3 aromatic carbocycles. The third-order valence-corrected chi connectivity index (χ3v) is 8.44. The van der Waals surface area contributed by atoms with E-state index in [0.29, 0.717) is 52.7 Å². The average Bonchev–Trinajstić information content (AvgIpc) is 3.57. The van der Waals surface area contributed by atoms with Crippen molar-refractivity contribution in [2.75, 3.05) is 6.61 Å². The van der Waals surface area contributed by atoms with Crippen LogP contribution in [-0.2, 0) is 9.53 Å². The van der Waals surface area contributed by atoms with Gasteiger partial charge < -0.3 is 9.15 Å². The minimum atomic E-state index is -0.796. The molecule has 0 aliphatic carbocycles. The lowest BCUT2D eigenvalue weighted by atomic mass is 9.93. The maximum Gasteiger partial charge on any atom is 0.338 e. The largest absolute Gasteiger partial charge is 0.463 e. The summed E-state index contributed by atoms with van der Waals surface area (Å²) in [6, 6.07) is 24.3. The van der Waals surface area contributed by atoms with E-state index in [9.17, 15) is 9.59 Å². The number of aromatic nitrogens is 1. The van der Waals surface area contributed by atoms with E-state index in [1.54, 1.807) is 67.6 Å². The predicted molar refractivity (Wildman–Crippen MR) is 167 cm³/mol. The fraction of sp³-hybridized carbons (Fsp3) is 0.0938. The highest BCUT2D eigenvalue weighted by Crippen LogP contribution is 2.36. The van der Waals surface area contributed by atoms with E-state index in [2.05, 4.69) is 0 Å². The van der Waals surface area contributed by atoms with Gasteiger partial charge in [-0.05, 0) is 55.0 Å². The molecule has 0 amide bonds. The summed E-state index contributed by atoms with van der Waals surface area (Å²) in [5.74, 6) is 0.438. The minimum absolute atomic E-state index is 0.167. The molecular weight excluding hydrogens is 615 g/mol. The van der Waals surface area contributed by atoms with Crippen LogP contribution in [0.4, 0.5) is 0 Å². The van der Waals surface area contributed by atoms with Crippen LogP contribution < -0.4 is 14.9 Å². The van der Waals surface area contributed by atoms with Crippen LogP contribution in [0.3, 0.4) is 0 Å². The number of rotatable bonds is 6. The smallest absolute Gasteiger partial charge is 0.338 e. The van der Waals surface area contributed by atoms with Crippen LogP contribution in [0.2, 0.25) is 15.1 Å². The van der Waals surface area contributed by atoms with Gasteiger partial charge in [-0.2, -0.15) is 0 Å². The fourth-order valence-electron chi connectivity index (χ4n) is 4.79. The summed E-state index contributed by atoms with van der Waals surface area (Å²) in [4.78, 5) is 32.8. The van der Waals surface area contributed by atoms with Crippen LogP contribution in [0.25, 0.3) is 23.1 Å². The number of furan rings is 1. The Morgan fingerprint density at radius 1 is 1.00 bits per heavy atom. The zero-order valence-electron chi connectivity index (χ0n) is 22.0. The van der Waals surface area contributed by atoms with Crippen LogP contribution in [0.1, 0.15) is 29.9 Å². The Kier molecular flexibility index (Phi) is 7.92. The minimum Gasteiger partial charge on any atom is -0.463 e. The zero-order chi connectivity index (χ0) is 29.4. The van der Waals surface area contributed by atoms with E-state index in [1.807, 2.05) is 30.3 Å². The predicted octanol–water partition coefficient (Wildman–Crippen LogP) is 7.16. The van der Waals surface area contributed by atoms with Crippen molar-refractivity contribution in [3.05, 3.63) is 142 Å². The molecule has 42 heavy (non-hydrogen) atoms. The lowest BCUT2D eigenvalue weighted by Crippen LogP contribution is -2.39. The first-order valence-electron chi connectivity index (χ1n) is 12.9.